The molecule has 1 aromatic carbocycles. The summed E-state index contributed by atoms with van der Waals surface area (Å²) in [5, 5.41) is 3.66. The summed E-state index contributed by atoms with van der Waals surface area (Å²) in [5.41, 5.74) is 1.38. The first kappa shape index (κ1) is 13.3. The molecule has 3 aromatic rings. The van der Waals surface area contributed by atoms with Gasteiger partial charge >= 0.3 is 0 Å². The van der Waals surface area contributed by atoms with Crippen molar-refractivity contribution in [2.45, 2.75) is 4.90 Å². The maximum absolute atomic E-state index is 12.2. The molecular formula is C14H11N3O3S. The molecule has 2 heterocycles. The molecule has 0 aliphatic carbocycles. The molecule has 1 N–H and O–H groups in total. The molecule has 21 heavy (non-hydrogen) atoms. The Kier molecular flexibility index (Phi) is 3.41. The minimum atomic E-state index is -3.76. The summed E-state index contributed by atoms with van der Waals surface area (Å²) in [6.07, 6.45) is 4.24. The number of rotatable bonds is 4. The van der Waals surface area contributed by atoms with Crippen molar-refractivity contribution < 1.29 is 12.9 Å². The Morgan fingerprint density at radius 1 is 1.00 bits per heavy atom. The minimum absolute atomic E-state index is 0.0559. The van der Waals surface area contributed by atoms with Crippen molar-refractivity contribution in [1.29, 1.82) is 0 Å². The van der Waals surface area contributed by atoms with E-state index in [1.807, 2.05) is 30.3 Å². The lowest BCUT2D eigenvalue weighted by atomic mass is 10.1. The van der Waals surface area contributed by atoms with E-state index in [1.165, 1.54) is 24.7 Å². The smallest absolute Gasteiger partial charge is 0.265 e. The van der Waals surface area contributed by atoms with Gasteiger partial charge in [-0.05, 0) is 17.7 Å². The molecule has 0 amide bonds. The van der Waals surface area contributed by atoms with Crippen LogP contribution in [0.3, 0.4) is 0 Å². The molecule has 0 saturated heterocycles. The van der Waals surface area contributed by atoms with Gasteiger partial charge in [0.2, 0.25) is 5.88 Å². The number of anilines is 1. The Labute approximate surface area is 121 Å². The van der Waals surface area contributed by atoms with Crippen molar-refractivity contribution in [3.8, 4) is 11.1 Å². The zero-order valence-electron chi connectivity index (χ0n) is 10.8. The van der Waals surface area contributed by atoms with Crippen LogP contribution in [0.4, 0.5) is 5.88 Å². The highest BCUT2D eigenvalue weighted by molar-refractivity contribution is 7.92. The van der Waals surface area contributed by atoms with E-state index in [0.717, 1.165) is 5.56 Å². The van der Waals surface area contributed by atoms with Crippen molar-refractivity contribution in [3.05, 3.63) is 61.1 Å². The van der Waals surface area contributed by atoms with Crippen LogP contribution in [0.5, 0.6) is 0 Å². The van der Waals surface area contributed by atoms with Gasteiger partial charge in [-0.25, -0.2) is 13.1 Å². The summed E-state index contributed by atoms with van der Waals surface area (Å²) in [6, 6.07) is 12.3. The molecule has 0 fully saturated rings. The molecule has 106 valence electrons. The molecule has 0 saturated carbocycles. The zero-order chi connectivity index (χ0) is 14.7. The predicted molar refractivity (Wildman–Crippen MR) is 77.0 cm³/mol. The maximum Gasteiger partial charge on any atom is 0.265 e. The topological polar surface area (TPSA) is 85.1 Å². The molecule has 7 heteroatoms. The number of pyridine rings is 1. The third-order valence-corrected chi connectivity index (χ3v) is 4.14. The van der Waals surface area contributed by atoms with Crippen molar-refractivity contribution in [1.82, 2.24) is 10.1 Å². The quantitative estimate of drug-likeness (QED) is 0.800. The zero-order valence-corrected chi connectivity index (χ0v) is 11.6. The highest BCUT2D eigenvalue weighted by atomic mass is 32.2. The number of nitrogens with zero attached hydrogens (tertiary/aromatic N) is 2. The molecule has 0 spiro atoms. The van der Waals surface area contributed by atoms with Crippen molar-refractivity contribution >= 4 is 15.9 Å². The Balaban J connectivity index is 1.96. The summed E-state index contributed by atoms with van der Waals surface area (Å²) >= 11 is 0. The summed E-state index contributed by atoms with van der Waals surface area (Å²) in [7, 11) is -3.76. The Hall–Kier alpha value is -2.67. The largest absolute Gasteiger partial charge is 0.337 e. The average molecular weight is 301 g/mol. The van der Waals surface area contributed by atoms with E-state index in [4.69, 9.17) is 4.52 Å². The van der Waals surface area contributed by atoms with Crippen molar-refractivity contribution in [3.63, 3.8) is 0 Å². The number of sulfonamides is 1. The highest BCUT2D eigenvalue weighted by Crippen LogP contribution is 2.29. The SMILES string of the molecule is O=S(=O)(Nc1oncc1-c1ccccc1)c1cccnc1. The van der Waals surface area contributed by atoms with Gasteiger partial charge in [0.15, 0.2) is 0 Å². The molecule has 0 aliphatic rings. The number of benzene rings is 1. The lowest BCUT2D eigenvalue weighted by Crippen LogP contribution is -2.13. The van der Waals surface area contributed by atoms with E-state index in [2.05, 4.69) is 14.9 Å². The van der Waals surface area contributed by atoms with Gasteiger partial charge in [0.1, 0.15) is 4.90 Å². The molecular weight excluding hydrogens is 290 g/mol. The second-order valence-corrected chi connectivity index (χ2v) is 5.91. The second kappa shape index (κ2) is 5.37. The average Bonchev–Trinajstić information content (AvgIpc) is 2.96. The van der Waals surface area contributed by atoms with Crippen LogP contribution in [-0.2, 0) is 10.0 Å². The van der Waals surface area contributed by atoms with Crippen LogP contribution in [0, 0.1) is 0 Å². The fraction of sp³-hybridized carbons (Fsp3) is 0. The second-order valence-electron chi connectivity index (χ2n) is 4.23. The summed E-state index contributed by atoms with van der Waals surface area (Å²) in [4.78, 5) is 3.85. The van der Waals surface area contributed by atoms with Gasteiger partial charge in [0.25, 0.3) is 10.0 Å². The lowest BCUT2D eigenvalue weighted by molar-refractivity contribution is 0.435. The Morgan fingerprint density at radius 2 is 1.81 bits per heavy atom. The highest BCUT2D eigenvalue weighted by Gasteiger charge is 2.19. The predicted octanol–water partition coefficient (Wildman–Crippen LogP) is 2.54. The van der Waals surface area contributed by atoms with Crippen LogP contribution < -0.4 is 4.72 Å². The molecule has 6 nitrogen and oxygen atoms in total. The first-order valence-corrected chi connectivity index (χ1v) is 7.58. The molecule has 0 atom stereocenters. The van der Waals surface area contributed by atoms with Gasteiger partial charge in [0, 0.05) is 12.4 Å². The van der Waals surface area contributed by atoms with Gasteiger partial charge in [-0.2, -0.15) is 0 Å². The third-order valence-electron chi connectivity index (χ3n) is 2.83. The summed E-state index contributed by atoms with van der Waals surface area (Å²) in [5.74, 6) is 0.0741. The fourth-order valence-corrected chi connectivity index (χ4v) is 2.79. The Bertz CT molecular complexity index is 830. The fourth-order valence-electron chi connectivity index (χ4n) is 1.82. The van der Waals surface area contributed by atoms with E-state index < -0.39 is 10.0 Å². The van der Waals surface area contributed by atoms with Crippen LogP contribution in [0.2, 0.25) is 0 Å². The maximum atomic E-state index is 12.2. The van der Waals surface area contributed by atoms with Crippen LogP contribution in [0.1, 0.15) is 0 Å². The third kappa shape index (κ3) is 2.77. The number of hydrogen-bond donors (Lipinski definition) is 1. The van der Waals surface area contributed by atoms with Crippen LogP contribution in [0.15, 0.2) is 70.5 Å². The van der Waals surface area contributed by atoms with E-state index in [9.17, 15) is 8.42 Å². The van der Waals surface area contributed by atoms with E-state index >= 15 is 0 Å². The molecule has 0 bridgehead atoms. The minimum Gasteiger partial charge on any atom is -0.337 e. The van der Waals surface area contributed by atoms with Gasteiger partial charge in [-0.3, -0.25) is 4.98 Å². The first-order valence-electron chi connectivity index (χ1n) is 6.10. The molecule has 0 radical (unpaired) electrons. The lowest BCUT2D eigenvalue weighted by Gasteiger charge is -2.06. The molecule has 0 unspecified atom stereocenters. The van der Waals surface area contributed by atoms with E-state index in [0.29, 0.717) is 5.56 Å². The van der Waals surface area contributed by atoms with Crippen LogP contribution >= 0.6 is 0 Å². The normalized spacial score (nSPS) is 11.2. The number of aromatic nitrogens is 2. The summed E-state index contributed by atoms with van der Waals surface area (Å²) < 4.78 is 31.9. The van der Waals surface area contributed by atoms with E-state index in [1.54, 1.807) is 6.07 Å². The summed E-state index contributed by atoms with van der Waals surface area (Å²) in [6.45, 7) is 0. The van der Waals surface area contributed by atoms with Gasteiger partial charge in [-0.15, -0.1) is 0 Å². The van der Waals surface area contributed by atoms with Gasteiger partial charge in [-0.1, -0.05) is 35.5 Å². The number of nitrogens with one attached hydrogen (secondary N) is 1. The molecule has 2 aromatic heterocycles. The molecule has 3 rings (SSSR count). The van der Waals surface area contributed by atoms with Crippen LogP contribution in [-0.4, -0.2) is 18.6 Å². The first-order chi connectivity index (χ1) is 10.2. The monoisotopic (exact) mass is 301 g/mol. The van der Waals surface area contributed by atoms with Gasteiger partial charge < -0.3 is 4.52 Å². The van der Waals surface area contributed by atoms with Crippen molar-refractivity contribution in [2.24, 2.45) is 0 Å². The Morgan fingerprint density at radius 3 is 2.52 bits per heavy atom. The number of hydrogen-bond acceptors (Lipinski definition) is 5. The van der Waals surface area contributed by atoms with Crippen molar-refractivity contribution in [2.75, 3.05) is 4.72 Å². The van der Waals surface area contributed by atoms with E-state index in [-0.39, 0.29) is 10.8 Å². The molecule has 0 aliphatic heterocycles. The van der Waals surface area contributed by atoms with Gasteiger partial charge in [0.05, 0.1) is 11.8 Å². The standard InChI is InChI=1S/C14H11N3O3S/c18-21(19,12-7-4-8-15-9-12)17-14-13(10-16-20-14)11-5-2-1-3-6-11/h1-10,17H. The van der Waals surface area contributed by atoms with Crippen LogP contribution in [0.25, 0.3) is 11.1 Å².